The number of nitrogens with zero attached hydrogens (tertiary/aromatic N) is 4. The lowest BCUT2D eigenvalue weighted by molar-refractivity contribution is 0.653. The first-order chi connectivity index (χ1) is 26.8. The van der Waals surface area contributed by atoms with Gasteiger partial charge in [0, 0.05) is 68.9 Å². The van der Waals surface area contributed by atoms with E-state index in [1.54, 1.807) is 0 Å². The smallest absolute Gasteiger partial charge is 0.101 e. The molecule has 1 saturated heterocycles. The molecule has 0 saturated carbocycles. The van der Waals surface area contributed by atoms with E-state index in [2.05, 4.69) is 189 Å². The van der Waals surface area contributed by atoms with Crippen molar-refractivity contribution >= 4 is 77.7 Å². The van der Waals surface area contributed by atoms with Crippen molar-refractivity contribution in [2.75, 3.05) is 36.0 Å². The summed E-state index contributed by atoms with van der Waals surface area (Å²) in [5.41, 5.74) is 10.1. The van der Waals surface area contributed by atoms with Crippen molar-refractivity contribution in [2.45, 2.75) is 0 Å². The Morgan fingerprint density at radius 2 is 0.630 bits per heavy atom. The number of fused-ring (bicyclic) bond motifs is 6. The number of benzene rings is 6. The van der Waals surface area contributed by atoms with Crippen molar-refractivity contribution in [1.29, 1.82) is 0 Å². The second-order valence-electron chi connectivity index (χ2n) is 14.1. The predicted octanol–water partition coefficient (Wildman–Crippen LogP) is 12.7. The van der Waals surface area contributed by atoms with Crippen molar-refractivity contribution in [2.24, 2.45) is 0 Å². The molecule has 0 radical (unpaired) electrons. The molecule has 11 rings (SSSR count). The van der Waals surface area contributed by atoms with Crippen molar-refractivity contribution < 1.29 is 0 Å². The number of rotatable bonds is 6. The first-order valence-corrected chi connectivity index (χ1v) is 20.3. The van der Waals surface area contributed by atoms with Gasteiger partial charge in [-0.05, 0) is 83.9 Å². The fourth-order valence-electron chi connectivity index (χ4n) is 8.42. The van der Waals surface area contributed by atoms with Crippen LogP contribution in [0.3, 0.4) is 0 Å². The molecule has 10 aromatic rings. The molecule has 1 aliphatic heterocycles. The van der Waals surface area contributed by atoms with E-state index in [1.807, 2.05) is 22.7 Å². The van der Waals surface area contributed by atoms with Gasteiger partial charge in [0.1, 0.15) is 10.0 Å². The second kappa shape index (κ2) is 12.8. The maximum Gasteiger partial charge on any atom is 0.101 e. The minimum Gasteiger partial charge on any atom is -0.368 e. The van der Waals surface area contributed by atoms with Crippen molar-refractivity contribution in [3.05, 3.63) is 170 Å². The molecule has 0 amide bonds. The maximum absolute atomic E-state index is 2.52. The van der Waals surface area contributed by atoms with Gasteiger partial charge in [-0.2, -0.15) is 0 Å². The van der Waals surface area contributed by atoms with Crippen molar-refractivity contribution in [1.82, 2.24) is 9.13 Å². The highest BCUT2D eigenvalue weighted by Crippen LogP contribution is 2.39. The standard InChI is InChI=1S/C48H36N4S2/c1-5-13-41-37(9-1)38-10-2-6-14-42(38)51(41)47-27-25-45(53-47)33-17-21-35(22-18-33)49-29-31-50(32-30-49)36-23-19-34(20-24-36)46-26-28-48(54-46)52-43-15-7-3-11-39(43)40-12-4-8-16-44(40)52/h1-28H,29-32H2. The van der Waals surface area contributed by atoms with Crippen LogP contribution in [0.2, 0.25) is 0 Å². The summed E-state index contributed by atoms with van der Waals surface area (Å²) in [5, 5.41) is 7.69. The van der Waals surface area contributed by atoms with E-state index >= 15 is 0 Å². The molecule has 0 unspecified atom stereocenters. The molecular weight excluding hydrogens is 697 g/mol. The number of anilines is 2. The van der Waals surface area contributed by atoms with Crippen LogP contribution in [0.4, 0.5) is 11.4 Å². The summed E-state index contributed by atoms with van der Waals surface area (Å²) in [6.45, 7) is 4.02. The number of thiophene rings is 2. The topological polar surface area (TPSA) is 16.3 Å². The first kappa shape index (κ1) is 31.4. The van der Waals surface area contributed by atoms with Gasteiger partial charge in [-0.3, -0.25) is 0 Å². The highest BCUT2D eigenvalue weighted by Gasteiger charge is 2.19. The van der Waals surface area contributed by atoms with E-state index in [1.165, 1.54) is 85.9 Å². The number of hydrogen-bond donors (Lipinski definition) is 0. The first-order valence-electron chi connectivity index (χ1n) is 18.6. The van der Waals surface area contributed by atoms with Crippen molar-refractivity contribution in [3.8, 4) is 30.9 Å². The largest absolute Gasteiger partial charge is 0.368 e. The quantitative estimate of drug-likeness (QED) is 0.169. The minimum atomic E-state index is 1.01. The van der Waals surface area contributed by atoms with Gasteiger partial charge < -0.3 is 18.9 Å². The van der Waals surface area contributed by atoms with Crippen LogP contribution in [-0.2, 0) is 0 Å². The minimum absolute atomic E-state index is 1.01. The monoisotopic (exact) mass is 732 g/mol. The summed E-state index contributed by atoms with van der Waals surface area (Å²) in [7, 11) is 0. The molecule has 0 aliphatic carbocycles. The number of aromatic nitrogens is 2. The molecular formula is C48H36N4S2. The van der Waals surface area contributed by atoms with Gasteiger partial charge in [-0.1, -0.05) is 97.1 Å². The summed E-state index contributed by atoms with van der Waals surface area (Å²) in [4.78, 5) is 7.62. The Labute approximate surface area is 322 Å². The van der Waals surface area contributed by atoms with Gasteiger partial charge >= 0.3 is 0 Å². The van der Waals surface area contributed by atoms with Crippen LogP contribution in [0.15, 0.2) is 170 Å². The average Bonchev–Trinajstić information content (AvgIpc) is 4.05. The van der Waals surface area contributed by atoms with Crippen LogP contribution in [-0.4, -0.2) is 35.3 Å². The molecule has 4 nitrogen and oxygen atoms in total. The molecule has 0 atom stereocenters. The summed E-state index contributed by atoms with van der Waals surface area (Å²) >= 11 is 3.71. The van der Waals surface area contributed by atoms with E-state index in [0.717, 1.165) is 26.2 Å². The van der Waals surface area contributed by atoms with Crippen LogP contribution < -0.4 is 9.80 Å². The lowest BCUT2D eigenvalue weighted by Gasteiger charge is -2.37. The fourth-order valence-corrected chi connectivity index (χ4v) is 10.5. The van der Waals surface area contributed by atoms with Gasteiger partial charge in [0.15, 0.2) is 0 Å². The SMILES string of the molecule is c1ccc2c(c1)c1ccccc1n2-c1ccc(-c2ccc(N3CCN(c4ccc(-c5ccc(-n6c7ccccc7c7ccccc76)s5)cc4)CC3)cc2)s1. The molecule has 0 bridgehead atoms. The summed E-state index contributed by atoms with van der Waals surface area (Å²) in [6, 6.07) is 62.3. The van der Waals surface area contributed by atoms with Crippen LogP contribution in [0.1, 0.15) is 0 Å². The Kier molecular flexibility index (Phi) is 7.45. The second-order valence-corrected chi connectivity index (χ2v) is 16.2. The zero-order valence-corrected chi connectivity index (χ0v) is 31.2. The van der Waals surface area contributed by atoms with Gasteiger partial charge in [0.25, 0.3) is 0 Å². The molecule has 6 aromatic carbocycles. The number of para-hydroxylation sites is 4. The Hall–Kier alpha value is -6.08. The summed E-state index contributed by atoms with van der Waals surface area (Å²) in [5.74, 6) is 0. The lowest BCUT2D eigenvalue weighted by atomic mass is 10.1. The molecule has 6 heteroatoms. The molecule has 54 heavy (non-hydrogen) atoms. The van der Waals surface area contributed by atoms with Gasteiger partial charge in [0.2, 0.25) is 0 Å². The number of piperazine rings is 1. The predicted molar refractivity (Wildman–Crippen MR) is 233 cm³/mol. The van der Waals surface area contributed by atoms with E-state index in [0.29, 0.717) is 0 Å². The summed E-state index contributed by atoms with van der Waals surface area (Å²) in [6.07, 6.45) is 0. The third kappa shape index (κ3) is 5.17. The molecule has 0 spiro atoms. The van der Waals surface area contributed by atoms with E-state index in [9.17, 15) is 0 Å². The molecule has 1 fully saturated rings. The van der Waals surface area contributed by atoms with Gasteiger partial charge in [-0.25, -0.2) is 0 Å². The van der Waals surface area contributed by atoms with Crippen LogP contribution >= 0.6 is 22.7 Å². The van der Waals surface area contributed by atoms with E-state index in [4.69, 9.17) is 0 Å². The molecule has 1 aliphatic rings. The van der Waals surface area contributed by atoms with Crippen LogP contribution in [0.5, 0.6) is 0 Å². The Balaban J connectivity index is 0.770. The fraction of sp³-hybridized carbons (Fsp3) is 0.0833. The number of hydrogen-bond acceptors (Lipinski definition) is 4. The zero-order chi connectivity index (χ0) is 35.6. The lowest BCUT2D eigenvalue weighted by Crippen LogP contribution is -2.46. The van der Waals surface area contributed by atoms with Gasteiger partial charge in [0.05, 0.1) is 22.1 Å². The van der Waals surface area contributed by atoms with Crippen LogP contribution in [0, 0.1) is 0 Å². The molecule has 260 valence electrons. The summed E-state index contributed by atoms with van der Waals surface area (Å²) < 4.78 is 4.82. The van der Waals surface area contributed by atoms with Crippen molar-refractivity contribution in [3.63, 3.8) is 0 Å². The third-order valence-corrected chi connectivity index (χ3v) is 13.3. The zero-order valence-electron chi connectivity index (χ0n) is 29.6. The average molecular weight is 733 g/mol. The molecule has 5 heterocycles. The molecule has 4 aromatic heterocycles. The third-order valence-electron chi connectivity index (χ3n) is 11.1. The maximum atomic E-state index is 2.52. The van der Waals surface area contributed by atoms with Crippen LogP contribution in [0.25, 0.3) is 74.5 Å². The Bertz CT molecular complexity index is 2640. The normalized spacial score (nSPS) is 13.6. The highest BCUT2D eigenvalue weighted by atomic mass is 32.1. The highest BCUT2D eigenvalue weighted by molar-refractivity contribution is 7.18. The van der Waals surface area contributed by atoms with E-state index in [-0.39, 0.29) is 0 Å². The molecule has 0 N–H and O–H groups in total. The Morgan fingerprint density at radius 1 is 0.315 bits per heavy atom. The Morgan fingerprint density at radius 3 is 0.963 bits per heavy atom. The van der Waals surface area contributed by atoms with Gasteiger partial charge in [-0.15, -0.1) is 22.7 Å². The van der Waals surface area contributed by atoms with E-state index < -0.39 is 0 Å².